The fourth-order valence-corrected chi connectivity index (χ4v) is 4.93. The van der Waals surface area contributed by atoms with Gasteiger partial charge in [-0.2, -0.15) is 5.10 Å². The number of hydrogen-bond donors (Lipinski definition) is 0. The molecule has 1 saturated heterocycles. The normalized spacial score (nSPS) is 20.9. The Balaban J connectivity index is 1.51. The summed E-state index contributed by atoms with van der Waals surface area (Å²) < 4.78 is 9.96. The second-order valence-corrected chi connectivity index (χ2v) is 7.84. The molecule has 6 nitrogen and oxygen atoms in total. The molecule has 0 N–H and O–H groups in total. The van der Waals surface area contributed by atoms with Crippen LogP contribution in [0.15, 0.2) is 42.9 Å². The van der Waals surface area contributed by atoms with Gasteiger partial charge < -0.3 is 9.30 Å². The van der Waals surface area contributed by atoms with Crippen molar-refractivity contribution < 1.29 is 4.74 Å². The van der Waals surface area contributed by atoms with Crippen LogP contribution in [0.2, 0.25) is 0 Å². The van der Waals surface area contributed by atoms with E-state index in [9.17, 15) is 0 Å². The third-order valence-corrected chi connectivity index (χ3v) is 6.30. The number of aromatic nitrogens is 4. The average Bonchev–Trinajstić information content (AvgIpc) is 3.38. The highest BCUT2D eigenvalue weighted by molar-refractivity contribution is 5.58. The van der Waals surface area contributed by atoms with Crippen LogP contribution in [0.3, 0.4) is 0 Å². The van der Waals surface area contributed by atoms with Crippen molar-refractivity contribution in [2.24, 2.45) is 0 Å². The van der Waals surface area contributed by atoms with Gasteiger partial charge in [0.15, 0.2) is 5.82 Å². The van der Waals surface area contributed by atoms with Gasteiger partial charge in [0.1, 0.15) is 5.69 Å². The van der Waals surface area contributed by atoms with Gasteiger partial charge in [-0.3, -0.25) is 4.90 Å². The quantitative estimate of drug-likeness (QED) is 0.712. The minimum Gasteiger partial charge on any atom is -0.379 e. The van der Waals surface area contributed by atoms with Crippen molar-refractivity contribution in [3.05, 3.63) is 42.9 Å². The zero-order valence-corrected chi connectivity index (χ0v) is 15.8. The number of ether oxygens (including phenoxy) is 1. The standard InChI is InChI=1S/C21H27N5O/c1-2-8-21(9-3-1,25-13-15-27-16-14-25)17-24-12-11-22-20(24)19-6-4-5-18-7-10-23-26(18)19/h4-7,10-12H,1-3,8-9,13-17H2. The largest absolute Gasteiger partial charge is 0.379 e. The molecule has 6 heteroatoms. The first-order valence-corrected chi connectivity index (χ1v) is 10.1. The van der Waals surface area contributed by atoms with E-state index in [1.54, 1.807) is 0 Å². The Bertz CT molecular complexity index is 902. The maximum atomic E-state index is 5.63. The highest BCUT2D eigenvalue weighted by atomic mass is 16.5. The van der Waals surface area contributed by atoms with E-state index in [-0.39, 0.29) is 5.54 Å². The van der Waals surface area contributed by atoms with Crippen LogP contribution in [0, 0.1) is 0 Å². The molecule has 3 aromatic rings. The molecule has 0 atom stereocenters. The van der Waals surface area contributed by atoms with Gasteiger partial charge in [-0.1, -0.05) is 25.3 Å². The van der Waals surface area contributed by atoms with Crippen molar-refractivity contribution in [1.82, 2.24) is 24.1 Å². The molecule has 4 heterocycles. The first-order chi connectivity index (χ1) is 13.4. The van der Waals surface area contributed by atoms with E-state index in [1.807, 2.05) is 23.0 Å². The van der Waals surface area contributed by atoms with E-state index in [4.69, 9.17) is 9.72 Å². The number of imidazole rings is 1. The van der Waals surface area contributed by atoms with Crippen molar-refractivity contribution in [1.29, 1.82) is 0 Å². The van der Waals surface area contributed by atoms with Crippen LogP contribution in [0.25, 0.3) is 17.0 Å². The number of nitrogens with zero attached hydrogens (tertiary/aromatic N) is 5. The lowest BCUT2D eigenvalue weighted by atomic mass is 9.79. The zero-order chi connectivity index (χ0) is 18.1. The van der Waals surface area contributed by atoms with Crippen LogP contribution < -0.4 is 0 Å². The van der Waals surface area contributed by atoms with Crippen LogP contribution in [0.5, 0.6) is 0 Å². The summed E-state index contributed by atoms with van der Waals surface area (Å²) in [6.45, 7) is 4.77. The predicted molar refractivity (Wildman–Crippen MR) is 105 cm³/mol. The van der Waals surface area contributed by atoms with E-state index in [1.165, 1.54) is 32.1 Å². The Labute approximate surface area is 159 Å². The molecule has 1 aliphatic carbocycles. The molecule has 0 aromatic carbocycles. The Morgan fingerprint density at radius 3 is 2.70 bits per heavy atom. The molecule has 0 unspecified atom stereocenters. The summed E-state index contributed by atoms with van der Waals surface area (Å²) in [6.07, 6.45) is 12.4. The Hall–Kier alpha value is -2.18. The molecular weight excluding hydrogens is 338 g/mol. The van der Waals surface area contributed by atoms with Gasteiger partial charge in [0.25, 0.3) is 0 Å². The van der Waals surface area contributed by atoms with Crippen LogP contribution in [0.4, 0.5) is 0 Å². The molecule has 2 aliphatic rings. The van der Waals surface area contributed by atoms with E-state index in [0.717, 1.165) is 49.9 Å². The number of fused-ring (bicyclic) bond motifs is 1. The van der Waals surface area contributed by atoms with Gasteiger partial charge in [0.2, 0.25) is 0 Å². The van der Waals surface area contributed by atoms with E-state index >= 15 is 0 Å². The summed E-state index contributed by atoms with van der Waals surface area (Å²) in [4.78, 5) is 7.41. The fraction of sp³-hybridized carbons (Fsp3) is 0.524. The lowest BCUT2D eigenvalue weighted by molar-refractivity contribution is -0.0444. The molecule has 142 valence electrons. The van der Waals surface area contributed by atoms with Gasteiger partial charge in [-0.05, 0) is 31.0 Å². The molecule has 0 amide bonds. The lowest BCUT2D eigenvalue weighted by Gasteiger charge is -2.48. The minimum atomic E-state index is 0.218. The van der Waals surface area contributed by atoms with Gasteiger partial charge in [0, 0.05) is 37.6 Å². The summed E-state index contributed by atoms with van der Waals surface area (Å²) in [7, 11) is 0. The maximum absolute atomic E-state index is 5.63. The summed E-state index contributed by atoms with van der Waals surface area (Å²) in [5, 5.41) is 4.51. The second kappa shape index (κ2) is 7.09. The molecule has 5 rings (SSSR count). The molecule has 0 bridgehead atoms. The number of rotatable bonds is 4. The van der Waals surface area contributed by atoms with Gasteiger partial charge in [-0.15, -0.1) is 0 Å². The minimum absolute atomic E-state index is 0.218. The van der Waals surface area contributed by atoms with E-state index in [0.29, 0.717) is 0 Å². The fourth-order valence-electron chi connectivity index (χ4n) is 4.93. The molecule has 2 fully saturated rings. The molecule has 27 heavy (non-hydrogen) atoms. The third kappa shape index (κ3) is 3.07. The van der Waals surface area contributed by atoms with Gasteiger partial charge >= 0.3 is 0 Å². The predicted octanol–water partition coefficient (Wildman–Crippen LogP) is 3.23. The number of morpholine rings is 1. The Morgan fingerprint density at radius 2 is 1.85 bits per heavy atom. The summed E-state index contributed by atoms with van der Waals surface area (Å²) in [5.74, 6) is 1.00. The summed E-state index contributed by atoms with van der Waals surface area (Å²) in [5.41, 5.74) is 2.37. The highest BCUT2D eigenvalue weighted by Gasteiger charge is 2.39. The SMILES string of the molecule is c1cc(-c2nccn2CC2(N3CCOCC3)CCCCC2)n2nccc2c1. The highest BCUT2D eigenvalue weighted by Crippen LogP contribution is 2.36. The number of hydrogen-bond acceptors (Lipinski definition) is 4. The monoisotopic (exact) mass is 365 g/mol. The van der Waals surface area contributed by atoms with Crippen molar-refractivity contribution in [3.63, 3.8) is 0 Å². The first-order valence-electron chi connectivity index (χ1n) is 10.1. The van der Waals surface area contributed by atoms with Crippen molar-refractivity contribution >= 4 is 5.52 Å². The Morgan fingerprint density at radius 1 is 1.00 bits per heavy atom. The average molecular weight is 365 g/mol. The van der Waals surface area contributed by atoms with E-state index < -0.39 is 0 Å². The lowest BCUT2D eigenvalue weighted by Crippen LogP contribution is -2.56. The molecule has 0 radical (unpaired) electrons. The second-order valence-electron chi connectivity index (χ2n) is 7.84. The van der Waals surface area contributed by atoms with Crippen LogP contribution in [0.1, 0.15) is 32.1 Å². The first kappa shape index (κ1) is 17.0. The molecule has 3 aromatic heterocycles. The zero-order valence-electron chi connectivity index (χ0n) is 15.8. The molecule has 0 spiro atoms. The van der Waals surface area contributed by atoms with Crippen LogP contribution in [-0.2, 0) is 11.3 Å². The van der Waals surface area contributed by atoms with Crippen molar-refractivity contribution in [2.75, 3.05) is 26.3 Å². The molecular formula is C21H27N5O. The summed E-state index contributed by atoms with van der Waals surface area (Å²) in [6, 6.07) is 8.32. The smallest absolute Gasteiger partial charge is 0.158 e. The molecule has 1 aliphatic heterocycles. The topological polar surface area (TPSA) is 47.6 Å². The van der Waals surface area contributed by atoms with E-state index in [2.05, 4.69) is 39.0 Å². The number of pyridine rings is 1. The van der Waals surface area contributed by atoms with Crippen molar-refractivity contribution in [3.8, 4) is 11.5 Å². The Kier molecular flexibility index (Phi) is 4.45. The maximum Gasteiger partial charge on any atom is 0.158 e. The van der Waals surface area contributed by atoms with Gasteiger partial charge in [-0.25, -0.2) is 9.50 Å². The summed E-state index contributed by atoms with van der Waals surface area (Å²) >= 11 is 0. The van der Waals surface area contributed by atoms with Crippen molar-refractivity contribution in [2.45, 2.75) is 44.2 Å². The van der Waals surface area contributed by atoms with Crippen LogP contribution >= 0.6 is 0 Å². The third-order valence-electron chi connectivity index (χ3n) is 6.30. The molecule has 1 saturated carbocycles. The van der Waals surface area contributed by atoms with Crippen LogP contribution in [-0.4, -0.2) is 55.9 Å². The van der Waals surface area contributed by atoms with Gasteiger partial charge in [0.05, 0.1) is 24.9 Å².